The highest BCUT2D eigenvalue weighted by Gasteiger charge is 2.18. The van der Waals surface area contributed by atoms with Gasteiger partial charge in [-0.1, -0.05) is 53.5 Å². The van der Waals surface area contributed by atoms with Gasteiger partial charge in [-0.2, -0.15) is 0 Å². The third-order valence-electron chi connectivity index (χ3n) is 3.52. The minimum Gasteiger partial charge on any atom is -0.349 e. The second-order valence-corrected chi connectivity index (χ2v) is 7.94. The maximum Gasteiger partial charge on any atom is 0.242 e. The van der Waals surface area contributed by atoms with Gasteiger partial charge in [-0.15, -0.1) is 0 Å². The van der Waals surface area contributed by atoms with E-state index in [0.717, 1.165) is 5.56 Å². The smallest absolute Gasteiger partial charge is 0.242 e. The normalized spacial score (nSPS) is 12.6. The van der Waals surface area contributed by atoms with Crippen molar-refractivity contribution in [1.29, 1.82) is 0 Å². The SMILES string of the molecule is CC(NC(=O)CCNS(=O)(=O)c1ccccc1Cl)c1ccccc1Cl. The molecular weight excluding hydrogens is 383 g/mol. The van der Waals surface area contributed by atoms with Gasteiger partial charge < -0.3 is 5.32 Å². The zero-order chi connectivity index (χ0) is 18.4. The predicted molar refractivity (Wildman–Crippen MR) is 99.3 cm³/mol. The maximum atomic E-state index is 12.2. The summed E-state index contributed by atoms with van der Waals surface area (Å²) >= 11 is 12.0. The molecule has 2 aromatic rings. The predicted octanol–water partition coefficient (Wildman–Crippen LogP) is 3.54. The molecule has 1 amide bonds. The zero-order valence-corrected chi connectivity index (χ0v) is 15.8. The Bertz CT molecular complexity index is 856. The molecule has 2 aromatic carbocycles. The lowest BCUT2D eigenvalue weighted by atomic mass is 10.1. The number of sulfonamides is 1. The quantitative estimate of drug-likeness (QED) is 0.745. The highest BCUT2D eigenvalue weighted by Crippen LogP contribution is 2.22. The zero-order valence-electron chi connectivity index (χ0n) is 13.5. The first-order chi connectivity index (χ1) is 11.8. The summed E-state index contributed by atoms with van der Waals surface area (Å²) in [6, 6.07) is 13.1. The number of halogens is 2. The Hall–Kier alpha value is -1.60. The van der Waals surface area contributed by atoms with Crippen LogP contribution in [-0.2, 0) is 14.8 Å². The molecular formula is C17H18Cl2N2O3S. The molecule has 134 valence electrons. The molecule has 0 heterocycles. The molecule has 0 aromatic heterocycles. The molecule has 5 nitrogen and oxygen atoms in total. The molecule has 0 saturated carbocycles. The third kappa shape index (κ3) is 5.44. The van der Waals surface area contributed by atoms with E-state index in [0.29, 0.717) is 5.02 Å². The third-order valence-corrected chi connectivity index (χ3v) is 5.82. The van der Waals surface area contributed by atoms with Crippen LogP contribution in [0.5, 0.6) is 0 Å². The van der Waals surface area contributed by atoms with Gasteiger partial charge in [-0.05, 0) is 30.7 Å². The lowest BCUT2D eigenvalue weighted by Gasteiger charge is -2.16. The minimum atomic E-state index is -3.76. The second kappa shape index (κ2) is 8.67. The van der Waals surface area contributed by atoms with Crippen molar-refractivity contribution in [3.8, 4) is 0 Å². The molecule has 0 saturated heterocycles. The van der Waals surface area contributed by atoms with Gasteiger partial charge in [0.05, 0.1) is 11.1 Å². The Labute approximate surface area is 157 Å². The van der Waals surface area contributed by atoms with Crippen molar-refractivity contribution in [1.82, 2.24) is 10.0 Å². The molecule has 25 heavy (non-hydrogen) atoms. The fraction of sp³-hybridized carbons (Fsp3) is 0.235. The summed E-state index contributed by atoms with van der Waals surface area (Å²) in [7, 11) is -3.76. The molecule has 0 bridgehead atoms. The van der Waals surface area contributed by atoms with Crippen molar-refractivity contribution < 1.29 is 13.2 Å². The molecule has 1 unspecified atom stereocenters. The summed E-state index contributed by atoms with van der Waals surface area (Å²) in [6.07, 6.45) is -0.00151. The van der Waals surface area contributed by atoms with Crippen molar-refractivity contribution in [2.24, 2.45) is 0 Å². The topological polar surface area (TPSA) is 75.3 Å². The van der Waals surface area contributed by atoms with Crippen LogP contribution in [0, 0.1) is 0 Å². The molecule has 0 aliphatic heterocycles. The molecule has 0 aliphatic rings. The Morgan fingerprint density at radius 3 is 2.28 bits per heavy atom. The van der Waals surface area contributed by atoms with Crippen LogP contribution in [0.2, 0.25) is 10.0 Å². The maximum absolute atomic E-state index is 12.2. The van der Waals surface area contributed by atoms with Crippen LogP contribution in [0.1, 0.15) is 24.9 Å². The van der Waals surface area contributed by atoms with E-state index in [1.165, 1.54) is 12.1 Å². The molecule has 2 N–H and O–H groups in total. The van der Waals surface area contributed by atoms with Gasteiger partial charge in [0.25, 0.3) is 0 Å². The average Bonchev–Trinajstić information content (AvgIpc) is 2.55. The number of carbonyl (C=O) groups excluding carboxylic acids is 1. The van der Waals surface area contributed by atoms with E-state index in [4.69, 9.17) is 23.2 Å². The first kappa shape index (κ1) is 19.7. The first-order valence-electron chi connectivity index (χ1n) is 7.59. The van der Waals surface area contributed by atoms with Gasteiger partial charge in [0, 0.05) is 18.0 Å². The summed E-state index contributed by atoms with van der Waals surface area (Å²) in [5, 5.41) is 3.49. The van der Waals surface area contributed by atoms with E-state index in [1.807, 2.05) is 25.1 Å². The summed E-state index contributed by atoms with van der Waals surface area (Å²) in [4.78, 5) is 12.0. The fourth-order valence-corrected chi connectivity index (χ4v) is 4.11. The standard InChI is InChI=1S/C17H18Cl2N2O3S/c1-12(13-6-2-3-7-14(13)18)21-17(22)10-11-20-25(23,24)16-9-5-4-8-15(16)19/h2-9,12,20H,10-11H2,1H3,(H,21,22). The van der Waals surface area contributed by atoms with Gasteiger partial charge in [-0.3, -0.25) is 4.79 Å². The van der Waals surface area contributed by atoms with E-state index < -0.39 is 10.0 Å². The molecule has 0 aliphatic carbocycles. The number of hydrogen-bond acceptors (Lipinski definition) is 3. The first-order valence-corrected chi connectivity index (χ1v) is 9.83. The van der Waals surface area contributed by atoms with Crippen LogP contribution < -0.4 is 10.0 Å². The van der Waals surface area contributed by atoms with E-state index in [1.54, 1.807) is 18.2 Å². The summed E-state index contributed by atoms with van der Waals surface area (Å²) in [6.45, 7) is 1.78. The second-order valence-electron chi connectivity index (χ2n) is 5.39. The number of nitrogens with one attached hydrogen (secondary N) is 2. The number of carbonyl (C=O) groups is 1. The summed E-state index contributed by atoms with van der Waals surface area (Å²) in [5.41, 5.74) is 0.800. The summed E-state index contributed by atoms with van der Waals surface area (Å²) in [5.74, 6) is -0.283. The van der Waals surface area contributed by atoms with Gasteiger partial charge in [0.1, 0.15) is 4.90 Å². The Morgan fingerprint density at radius 1 is 1.04 bits per heavy atom. The number of rotatable bonds is 7. The molecule has 0 spiro atoms. The number of benzene rings is 2. The van der Waals surface area contributed by atoms with Crippen LogP contribution in [0.25, 0.3) is 0 Å². The molecule has 2 rings (SSSR count). The lowest BCUT2D eigenvalue weighted by Crippen LogP contribution is -2.32. The highest BCUT2D eigenvalue weighted by atomic mass is 35.5. The molecule has 8 heteroatoms. The monoisotopic (exact) mass is 400 g/mol. The Morgan fingerprint density at radius 2 is 1.64 bits per heavy atom. The number of amides is 1. The van der Waals surface area contributed by atoms with Gasteiger partial charge in [-0.25, -0.2) is 13.1 Å². The van der Waals surface area contributed by atoms with Crippen LogP contribution in [0.4, 0.5) is 0 Å². The van der Waals surface area contributed by atoms with Crippen LogP contribution >= 0.6 is 23.2 Å². The highest BCUT2D eigenvalue weighted by molar-refractivity contribution is 7.89. The Kier molecular flexibility index (Phi) is 6.84. The van der Waals surface area contributed by atoms with Crippen molar-refractivity contribution in [3.05, 3.63) is 64.1 Å². The lowest BCUT2D eigenvalue weighted by molar-refractivity contribution is -0.121. The van der Waals surface area contributed by atoms with Crippen LogP contribution in [-0.4, -0.2) is 20.9 Å². The van der Waals surface area contributed by atoms with E-state index in [2.05, 4.69) is 10.0 Å². The summed E-state index contributed by atoms with van der Waals surface area (Å²) < 4.78 is 26.7. The molecule has 0 fully saturated rings. The molecule has 0 radical (unpaired) electrons. The van der Waals surface area contributed by atoms with Gasteiger partial charge in [0.2, 0.25) is 15.9 Å². The average molecular weight is 401 g/mol. The van der Waals surface area contributed by atoms with Crippen molar-refractivity contribution in [2.45, 2.75) is 24.3 Å². The van der Waals surface area contributed by atoms with Gasteiger partial charge >= 0.3 is 0 Å². The fourth-order valence-electron chi connectivity index (χ4n) is 2.26. The Balaban J connectivity index is 1.88. The van der Waals surface area contributed by atoms with Gasteiger partial charge in [0.15, 0.2) is 0 Å². The largest absolute Gasteiger partial charge is 0.349 e. The van der Waals surface area contributed by atoms with Crippen LogP contribution in [0.3, 0.4) is 0 Å². The molecule has 1 atom stereocenters. The van der Waals surface area contributed by atoms with Crippen molar-refractivity contribution in [2.75, 3.05) is 6.54 Å². The van der Waals surface area contributed by atoms with Crippen molar-refractivity contribution in [3.63, 3.8) is 0 Å². The van der Waals surface area contributed by atoms with E-state index in [9.17, 15) is 13.2 Å². The number of hydrogen-bond donors (Lipinski definition) is 2. The minimum absolute atomic E-state index is 0.00151. The van der Waals surface area contributed by atoms with E-state index >= 15 is 0 Å². The van der Waals surface area contributed by atoms with Crippen molar-refractivity contribution >= 4 is 39.1 Å². The van der Waals surface area contributed by atoms with Crippen LogP contribution in [0.15, 0.2) is 53.4 Å². The van der Waals surface area contributed by atoms with E-state index in [-0.39, 0.29) is 34.8 Å².